The highest BCUT2D eigenvalue weighted by Gasteiger charge is 2.18. The zero-order valence-electron chi connectivity index (χ0n) is 12.0. The van der Waals surface area contributed by atoms with Crippen molar-refractivity contribution in [3.63, 3.8) is 0 Å². The van der Waals surface area contributed by atoms with Crippen LogP contribution in [0.5, 0.6) is 0 Å². The second-order valence-electron chi connectivity index (χ2n) is 6.08. The topological polar surface area (TPSA) is 77.8 Å². The Morgan fingerprint density at radius 2 is 2.00 bits per heavy atom. The number of hydrogen-bond acceptors (Lipinski definition) is 6. The standard InChI is InChI=1S/C14H16N4O2/c1-8-10-5-9(7-15-13(10)20-18-8)12-17-16-11(19-12)6-14(2,3)4/h5,7H,6H2,1-4H3. The zero-order valence-corrected chi connectivity index (χ0v) is 12.0. The van der Waals surface area contributed by atoms with Crippen LogP contribution in [0.4, 0.5) is 0 Å². The molecule has 0 aliphatic heterocycles. The summed E-state index contributed by atoms with van der Waals surface area (Å²) in [5, 5.41) is 12.9. The summed E-state index contributed by atoms with van der Waals surface area (Å²) >= 11 is 0. The number of nitrogens with zero attached hydrogens (tertiary/aromatic N) is 4. The molecular weight excluding hydrogens is 256 g/mol. The lowest BCUT2D eigenvalue weighted by atomic mass is 9.92. The van der Waals surface area contributed by atoms with Crippen LogP contribution in [-0.2, 0) is 6.42 Å². The second-order valence-corrected chi connectivity index (χ2v) is 6.08. The van der Waals surface area contributed by atoms with E-state index in [9.17, 15) is 0 Å². The third-order valence-corrected chi connectivity index (χ3v) is 2.91. The second kappa shape index (κ2) is 4.40. The highest BCUT2D eigenvalue weighted by molar-refractivity contribution is 5.79. The molecule has 0 saturated heterocycles. The minimum atomic E-state index is 0.108. The summed E-state index contributed by atoms with van der Waals surface area (Å²) in [6.07, 6.45) is 2.39. The van der Waals surface area contributed by atoms with E-state index in [0.29, 0.717) is 17.5 Å². The molecule has 20 heavy (non-hydrogen) atoms. The molecule has 0 saturated carbocycles. The van der Waals surface area contributed by atoms with Gasteiger partial charge in [-0.05, 0) is 18.4 Å². The van der Waals surface area contributed by atoms with Crippen LogP contribution in [0, 0.1) is 12.3 Å². The van der Waals surface area contributed by atoms with E-state index in [1.165, 1.54) is 0 Å². The normalized spacial score (nSPS) is 12.2. The first-order valence-corrected chi connectivity index (χ1v) is 6.47. The van der Waals surface area contributed by atoms with Crippen LogP contribution >= 0.6 is 0 Å². The minimum absolute atomic E-state index is 0.108. The van der Waals surface area contributed by atoms with Gasteiger partial charge in [-0.1, -0.05) is 25.9 Å². The molecule has 0 aliphatic carbocycles. The molecule has 0 amide bonds. The Labute approximate surface area is 116 Å². The fourth-order valence-electron chi connectivity index (χ4n) is 1.96. The quantitative estimate of drug-likeness (QED) is 0.713. The summed E-state index contributed by atoms with van der Waals surface area (Å²) in [6.45, 7) is 8.26. The van der Waals surface area contributed by atoms with E-state index in [1.54, 1.807) is 6.20 Å². The fourth-order valence-corrected chi connectivity index (χ4v) is 1.96. The van der Waals surface area contributed by atoms with E-state index in [0.717, 1.165) is 23.1 Å². The zero-order chi connectivity index (χ0) is 14.3. The summed E-state index contributed by atoms with van der Waals surface area (Å²) < 4.78 is 10.8. The predicted octanol–water partition coefficient (Wildman–Crippen LogP) is 3.17. The number of rotatable bonds is 2. The SMILES string of the molecule is Cc1noc2ncc(-c3nnc(CC(C)(C)C)o3)cc12. The van der Waals surface area contributed by atoms with Crippen molar-refractivity contribution in [3.05, 3.63) is 23.8 Å². The summed E-state index contributed by atoms with van der Waals surface area (Å²) in [5.74, 6) is 1.11. The van der Waals surface area contributed by atoms with Gasteiger partial charge >= 0.3 is 0 Å². The molecule has 3 aromatic rings. The summed E-state index contributed by atoms with van der Waals surface area (Å²) in [5.41, 5.74) is 2.19. The third-order valence-electron chi connectivity index (χ3n) is 2.91. The van der Waals surface area contributed by atoms with Crippen LogP contribution in [0.3, 0.4) is 0 Å². The Morgan fingerprint density at radius 3 is 2.75 bits per heavy atom. The first-order chi connectivity index (χ1) is 9.42. The van der Waals surface area contributed by atoms with E-state index < -0.39 is 0 Å². The van der Waals surface area contributed by atoms with Crippen LogP contribution in [0.2, 0.25) is 0 Å². The van der Waals surface area contributed by atoms with Crippen LogP contribution < -0.4 is 0 Å². The molecule has 0 radical (unpaired) electrons. The lowest BCUT2D eigenvalue weighted by Crippen LogP contribution is -2.09. The summed E-state index contributed by atoms with van der Waals surface area (Å²) in [6, 6.07) is 1.91. The van der Waals surface area contributed by atoms with Crippen LogP contribution in [-0.4, -0.2) is 20.3 Å². The molecule has 104 valence electrons. The maximum Gasteiger partial charge on any atom is 0.257 e. The molecule has 6 heteroatoms. The fraction of sp³-hybridized carbons (Fsp3) is 0.429. The summed E-state index contributed by atoms with van der Waals surface area (Å²) in [4.78, 5) is 4.21. The van der Waals surface area contributed by atoms with E-state index in [2.05, 4.69) is 41.1 Å². The third kappa shape index (κ3) is 2.41. The van der Waals surface area contributed by atoms with Crippen LogP contribution in [0.25, 0.3) is 22.6 Å². The molecule has 0 bridgehead atoms. The van der Waals surface area contributed by atoms with Crippen LogP contribution in [0.15, 0.2) is 21.2 Å². The largest absolute Gasteiger partial charge is 0.421 e. The van der Waals surface area contributed by atoms with Crippen LogP contribution in [0.1, 0.15) is 32.4 Å². The molecular formula is C14H16N4O2. The van der Waals surface area contributed by atoms with Gasteiger partial charge in [-0.2, -0.15) is 0 Å². The molecule has 6 nitrogen and oxygen atoms in total. The van der Waals surface area contributed by atoms with Crippen molar-refractivity contribution < 1.29 is 8.94 Å². The van der Waals surface area contributed by atoms with Gasteiger partial charge in [0.1, 0.15) is 0 Å². The Bertz CT molecular complexity index is 752. The molecule has 0 fully saturated rings. The van der Waals surface area contributed by atoms with Gasteiger partial charge in [0, 0.05) is 12.6 Å². The maximum absolute atomic E-state index is 5.70. The molecule has 0 N–H and O–H groups in total. The van der Waals surface area contributed by atoms with E-state index in [4.69, 9.17) is 8.94 Å². The van der Waals surface area contributed by atoms with Gasteiger partial charge in [-0.25, -0.2) is 4.98 Å². The van der Waals surface area contributed by atoms with Gasteiger partial charge in [-0.15, -0.1) is 10.2 Å². The van der Waals surface area contributed by atoms with Gasteiger partial charge in [0.2, 0.25) is 11.8 Å². The predicted molar refractivity (Wildman–Crippen MR) is 73.0 cm³/mol. The molecule has 3 heterocycles. The van der Waals surface area contributed by atoms with Crippen molar-refractivity contribution in [1.29, 1.82) is 0 Å². The van der Waals surface area contributed by atoms with E-state index in [-0.39, 0.29) is 5.41 Å². The number of aromatic nitrogens is 4. The molecule has 0 atom stereocenters. The van der Waals surface area contributed by atoms with Crippen molar-refractivity contribution in [2.75, 3.05) is 0 Å². The van der Waals surface area contributed by atoms with Gasteiger partial charge < -0.3 is 8.94 Å². The molecule has 0 aromatic carbocycles. The molecule has 0 aliphatic rings. The highest BCUT2D eigenvalue weighted by Crippen LogP contribution is 2.25. The van der Waals surface area contributed by atoms with Gasteiger partial charge in [-0.3, -0.25) is 0 Å². The summed E-state index contributed by atoms with van der Waals surface area (Å²) in [7, 11) is 0. The minimum Gasteiger partial charge on any atom is -0.421 e. The van der Waals surface area contributed by atoms with Gasteiger partial charge in [0.05, 0.1) is 16.6 Å². The monoisotopic (exact) mass is 272 g/mol. The maximum atomic E-state index is 5.70. The Balaban J connectivity index is 1.96. The molecule has 3 rings (SSSR count). The smallest absolute Gasteiger partial charge is 0.257 e. The Kier molecular flexibility index (Phi) is 2.81. The average molecular weight is 272 g/mol. The van der Waals surface area contributed by atoms with Crippen molar-refractivity contribution in [2.45, 2.75) is 34.1 Å². The van der Waals surface area contributed by atoms with E-state index >= 15 is 0 Å². The lowest BCUT2D eigenvalue weighted by Gasteiger charge is -2.14. The number of pyridine rings is 1. The number of hydrogen-bond donors (Lipinski definition) is 0. The Morgan fingerprint density at radius 1 is 1.20 bits per heavy atom. The lowest BCUT2D eigenvalue weighted by molar-refractivity contribution is 0.357. The van der Waals surface area contributed by atoms with Gasteiger partial charge in [0.25, 0.3) is 5.71 Å². The molecule has 0 spiro atoms. The molecule has 0 unspecified atom stereocenters. The number of fused-ring (bicyclic) bond motifs is 1. The van der Waals surface area contributed by atoms with Crippen molar-refractivity contribution in [1.82, 2.24) is 20.3 Å². The highest BCUT2D eigenvalue weighted by atomic mass is 16.5. The van der Waals surface area contributed by atoms with Gasteiger partial charge in [0.15, 0.2) is 0 Å². The van der Waals surface area contributed by atoms with Crippen molar-refractivity contribution in [2.24, 2.45) is 5.41 Å². The first-order valence-electron chi connectivity index (χ1n) is 6.47. The van der Waals surface area contributed by atoms with E-state index in [1.807, 2.05) is 13.0 Å². The number of aryl methyl sites for hydroxylation is 1. The first kappa shape index (κ1) is 12.8. The Hall–Kier alpha value is -2.24. The van der Waals surface area contributed by atoms with Crippen molar-refractivity contribution >= 4 is 11.1 Å². The molecule has 3 aromatic heterocycles. The van der Waals surface area contributed by atoms with Crippen molar-refractivity contribution in [3.8, 4) is 11.5 Å². The average Bonchev–Trinajstić information content (AvgIpc) is 2.95.